The number of carbonyl (C=O) groups excluding carboxylic acids is 1. The van der Waals surface area contributed by atoms with Crippen molar-refractivity contribution in [1.82, 2.24) is 0 Å². The van der Waals surface area contributed by atoms with Gasteiger partial charge in [0.1, 0.15) is 11.3 Å². The zero-order valence-corrected chi connectivity index (χ0v) is 19.6. The Kier molecular flexibility index (Phi) is 8.68. The monoisotopic (exact) mass is 452 g/mol. The van der Waals surface area contributed by atoms with Gasteiger partial charge in [-0.3, -0.25) is 4.79 Å². The van der Waals surface area contributed by atoms with E-state index in [1.807, 2.05) is 0 Å². The molecule has 0 saturated heterocycles. The highest BCUT2D eigenvalue weighted by molar-refractivity contribution is 5.99. The lowest BCUT2D eigenvalue weighted by atomic mass is 9.68. The van der Waals surface area contributed by atoms with Crippen LogP contribution in [0.4, 0.5) is 13.2 Å². The van der Waals surface area contributed by atoms with Gasteiger partial charge in [-0.15, -0.1) is 0 Å². The molecule has 180 valence electrons. The molecule has 0 radical (unpaired) electrons. The van der Waals surface area contributed by atoms with Gasteiger partial charge in [0.05, 0.1) is 5.56 Å². The second-order valence-electron chi connectivity index (χ2n) is 10.2. The van der Waals surface area contributed by atoms with Gasteiger partial charge in [0, 0.05) is 6.42 Å². The highest BCUT2D eigenvalue weighted by atomic mass is 19.4. The maximum atomic E-state index is 13.7. The molecule has 3 rings (SSSR count). The molecule has 0 amide bonds. The number of phenols is 1. The lowest BCUT2D eigenvalue weighted by Gasteiger charge is -2.38. The second kappa shape index (κ2) is 11.1. The second-order valence-corrected chi connectivity index (χ2v) is 10.2. The fraction of sp³-hybridized carbons (Fsp3) is 0.741. The van der Waals surface area contributed by atoms with Crippen LogP contribution in [0.2, 0.25) is 0 Å². The maximum absolute atomic E-state index is 13.7. The number of aryl methyl sites for hydroxylation is 1. The first-order valence-electron chi connectivity index (χ1n) is 12.7. The van der Waals surface area contributed by atoms with Crippen molar-refractivity contribution in [1.29, 1.82) is 0 Å². The van der Waals surface area contributed by atoms with Crippen molar-refractivity contribution in [3.05, 3.63) is 28.8 Å². The number of halogens is 3. The largest absolute Gasteiger partial charge is 0.507 e. The standard InChI is InChI=1S/C27H39F3O2/c1-3-5-18-6-11-20(12-7-18)21-13-8-19(9-14-21)10-15-22-16-17-23(24(31)4-2)26(32)25(22)27(28,29)30/h16-21,32H,3-15H2,1-2H3. The molecule has 0 unspecified atom stereocenters. The minimum atomic E-state index is -4.67. The first kappa shape index (κ1) is 25.1. The predicted molar refractivity (Wildman–Crippen MR) is 122 cm³/mol. The molecule has 0 aliphatic heterocycles. The van der Waals surface area contributed by atoms with E-state index < -0.39 is 23.3 Å². The maximum Gasteiger partial charge on any atom is 0.420 e. The number of ketones is 1. The number of benzene rings is 1. The Bertz CT molecular complexity index is 755. The summed E-state index contributed by atoms with van der Waals surface area (Å²) in [7, 11) is 0. The number of aromatic hydroxyl groups is 1. The number of Topliss-reactive ketones (excluding diaryl/α,β-unsaturated/α-hetero) is 1. The van der Waals surface area contributed by atoms with Crippen LogP contribution in [0.25, 0.3) is 0 Å². The number of carbonyl (C=O) groups is 1. The number of hydrogen-bond acceptors (Lipinski definition) is 2. The Labute approximate surface area is 191 Å². The molecule has 1 N–H and O–H groups in total. The average Bonchev–Trinajstić information content (AvgIpc) is 2.77. The molecule has 32 heavy (non-hydrogen) atoms. The SMILES string of the molecule is CCCC1CCC(C2CCC(CCc3ccc(C(=O)CC)c(O)c3C(F)(F)F)CC2)CC1. The molecule has 1 aromatic carbocycles. The van der Waals surface area contributed by atoms with Crippen LogP contribution in [0.3, 0.4) is 0 Å². The molecule has 2 aliphatic rings. The molecule has 1 aromatic rings. The van der Waals surface area contributed by atoms with Gasteiger partial charge in [0.2, 0.25) is 0 Å². The van der Waals surface area contributed by atoms with Gasteiger partial charge in [-0.2, -0.15) is 13.2 Å². The van der Waals surface area contributed by atoms with E-state index in [0.29, 0.717) is 18.8 Å². The van der Waals surface area contributed by atoms with E-state index in [0.717, 1.165) is 30.6 Å². The predicted octanol–water partition coefficient (Wildman–Crippen LogP) is 8.35. The minimum absolute atomic E-state index is 0.0632. The van der Waals surface area contributed by atoms with Crippen LogP contribution < -0.4 is 0 Å². The van der Waals surface area contributed by atoms with E-state index in [2.05, 4.69) is 6.92 Å². The van der Waals surface area contributed by atoms with Gasteiger partial charge < -0.3 is 5.11 Å². The van der Waals surface area contributed by atoms with Gasteiger partial charge in [-0.25, -0.2) is 0 Å². The Morgan fingerprint density at radius 3 is 1.91 bits per heavy atom. The van der Waals surface area contributed by atoms with Crippen molar-refractivity contribution in [2.45, 2.75) is 103 Å². The van der Waals surface area contributed by atoms with Gasteiger partial charge in [-0.05, 0) is 73.8 Å². The number of hydrogen-bond donors (Lipinski definition) is 1. The van der Waals surface area contributed by atoms with Crippen LogP contribution in [0.1, 0.15) is 112 Å². The lowest BCUT2D eigenvalue weighted by molar-refractivity contribution is -0.139. The number of phenolic OH excluding ortho intramolecular Hbond substituents is 1. The fourth-order valence-corrected chi connectivity index (χ4v) is 6.24. The average molecular weight is 453 g/mol. The summed E-state index contributed by atoms with van der Waals surface area (Å²) in [6.45, 7) is 3.85. The Hall–Kier alpha value is -1.52. The van der Waals surface area contributed by atoms with E-state index in [4.69, 9.17) is 0 Å². The van der Waals surface area contributed by atoms with E-state index in [1.165, 1.54) is 63.5 Å². The summed E-state index contributed by atoms with van der Waals surface area (Å²) in [4.78, 5) is 11.9. The smallest absolute Gasteiger partial charge is 0.420 e. The Morgan fingerprint density at radius 2 is 1.44 bits per heavy atom. The van der Waals surface area contributed by atoms with Crippen molar-refractivity contribution in [2.24, 2.45) is 23.7 Å². The van der Waals surface area contributed by atoms with Crippen LogP contribution in [0.15, 0.2) is 12.1 Å². The van der Waals surface area contributed by atoms with Crippen LogP contribution in [0.5, 0.6) is 5.75 Å². The molecule has 2 aliphatic carbocycles. The van der Waals surface area contributed by atoms with Gasteiger partial charge >= 0.3 is 6.18 Å². The van der Waals surface area contributed by atoms with Crippen molar-refractivity contribution in [3.8, 4) is 5.75 Å². The van der Waals surface area contributed by atoms with Crippen LogP contribution in [0, 0.1) is 23.7 Å². The summed E-state index contributed by atoms with van der Waals surface area (Å²) in [6, 6.07) is 2.75. The highest BCUT2D eigenvalue weighted by Gasteiger charge is 2.38. The zero-order chi connectivity index (χ0) is 23.3. The van der Waals surface area contributed by atoms with Crippen molar-refractivity contribution in [2.75, 3.05) is 0 Å². The summed E-state index contributed by atoms with van der Waals surface area (Å²) >= 11 is 0. The molecule has 0 heterocycles. The summed E-state index contributed by atoms with van der Waals surface area (Å²) in [5.41, 5.74) is -1.13. The van der Waals surface area contributed by atoms with Gasteiger partial charge in [0.15, 0.2) is 5.78 Å². The van der Waals surface area contributed by atoms with Crippen molar-refractivity contribution < 1.29 is 23.1 Å². The van der Waals surface area contributed by atoms with Crippen LogP contribution in [-0.2, 0) is 12.6 Å². The number of alkyl halides is 3. The lowest BCUT2D eigenvalue weighted by Crippen LogP contribution is -2.26. The Balaban J connectivity index is 1.56. The molecule has 2 fully saturated rings. The van der Waals surface area contributed by atoms with E-state index in [9.17, 15) is 23.1 Å². The van der Waals surface area contributed by atoms with E-state index in [1.54, 1.807) is 6.92 Å². The first-order valence-corrected chi connectivity index (χ1v) is 12.7. The van der Waals surface area contributed by atoms with Crippen molar-refractivity contribution in [3.63, 3.8) is 0 Å². The summed E-state index contributed by atoms with van der Waals surface area (Å²) in [5.74, 6) is 1.64. The third kappa shape index (κ3) is 6.08. The number of rotatable bonds is 8. The highest BCUT2D eigenvalue weighted by Crippen LogP contribution is 2.44. The molecule has 0 bridgehead atoms. The topological polar surface area (TPSA) is 37.3 Å². The summed E-state index contributed by atoms with van der Waals surface area (Å²) in [6.07, 6.45) is 9.11. The zero-order valence-electron chi connectivity index (χ0n) is 19.6. The third-order valence-electron chi connectivity index (χ3n) is 8.14. The van der Waals surface area contributed by atoms with E-state index in [-0.39, 0.29) is 17.5 Å². The fourth-order valence-electron chi connectivity index (χ4n) is 6.24. The van der Waals surface area contributed by atoms with Crippen molar-refractivity contribution >= 4 is 5.78 Å². The van der Waals surface area contributed by atoms with Crippen LogP contribution in [-0.4, -0.2) is 10.9 Å². The summed E-state index contributed by atoms with van der Waals surface area (Å²) < 4.78 is 41.1. The van der Waals surface area contributed by atoms with Gasteiger partial charge in [-0.1, -0.05) is 58.4 Å². The minimum Gasteiger partial charge on any atom is -0.507 e. The van der Waals surface area contributed by atoms with Crippen LogP contribution >= 0.6 is 0 Å². The molecule has 0 spiro atoms. The van der Waals surface area contributed by atoms with E-state index >= 15 is 0 Å². The molecule has 5 heteroatoms. The van der Waals surface area contributed by atoms with Gasteiger partial charge in [0.25, 0.3) is 0 Å². The molecular weight excluding hydrogens is 413 g/mol. The Morgan fingerprint density at radius 1 is 0.906 bits per heavy atom. The third-order valence-corrected chi connectivity index (χ3v) is 8.14. The molecule has 0 aromatic heterocycles. The quantitative estimate of drug-likeness (QED) is 0.402. The normalized spacial score (nSPS) is 26.8. The molecule has 0 atom stereocenters. The summed E-state index contributed by atoms with van der Waals surface area (Å²) in [5, 5.41) is 10.2. The molecule has 2 saturated carbocycles. The molecular formula is C27H39F3O2. The molecule has 2 nitrogen and oxygen atoms in total. The first-order chi connectivity index (χ1) is 15.2.